The number of hydrogen-bond donors (Lipinski definition) is 2. The molecule has 2 aromatic heterocycles. The molecule has 2 atom stereocenters. The Morgan fingerprint density at radius 3 is 2.91 bits per heavy atom. The predicted molar refractivity (Wildman–Crippen MR) is 120 cm³/mol. The van der Waals surface area contributed by atoms with Gasteiger partial charge in [0.2, 0.25) is 0 Å². The minimum absolute atomic E-state index is 0.0797. The molecule has 32 heavy (non-hydrogen) atoms. The van der Waals surface area contributed by atoms with Gasteiger partial charge in [0.15, 0.2) is 5.65 Å². The van der Waals surface area contributed by atoms with Crippen LogP contribution in [0.1, 0.15) is 37.3 Å². The van der Waals surface area contributed by atoms with Crippen LogP contribution in [0.5, 0.6) is 0 Å². The lowest BCUT2D eigenvalue weighted by Crippen LogP contribution is -2.44. The summed E-state index contributed by atoms with van der Waals surface area (Å²) in [5.41, 5.74) is 1.76. The van der Waals surface area contributed by atoms with Gasteiger partial charge in [-0.2, -0.15) is 5.10 Å². The van der Waals surface area contributed by atoms with Crippen LogP contribution < -0.4 is 10.2 Å². The summed E-state index contributed by atoms with van der Waals surface area (Å²) in [5, 5.41) is 17.5. The number of halogens is 2. The third-order valence-electron chi connectivity index (χ3n) is 6.14. The van der Waals surface area contributed by atoms with Gasteiger partial charge in [-0.25, -0.2) is 18.7 Å². The Kier molecular flexibility index (Phi) is 5.60. The van der Waals surface area contributed by atoms with Crippen molar-refractivity contribution in [2.24, 2.45) is 0 Å². The molecule has 0 spiro atoms. The number of carbonyl (C=O) groups excluding carboxylic acids is 1. The van der Waals surface area contributed by atoms with E-state index in [1.54, 1.807) is 27.9 Å². The summed E-state index contributed by atoms with van der Waals surface area (Å²) < 4.78 is 15.5. The van der Waals surface area contributed by atoms with Crippen LogP contribution in [0.4, 0.5) is 20.7 Å². The number of β-amino-alcohol motifs (C(OH)–C–C–N with tert-alkyl or cyclic N) is 1. The largest absolute Gasteiger partial charge is 0.391 e. The molecule has 3 aromatic rings. The summed E-state index contributed by atoms with van der Waals surface area (Å²) in [7, 11) is 0. The molecule has 2 aliphatic rings. The Balaban J connectivity index is 1.42. The number of aromatic nitrogens is 3. The van der Waals surface area contributed by atoms with Gasteiger partial charge in [0.25, 0.3) is 0 Å². The first-order chi connectivity index (χ1) is 15.5. The summed E-state index contributed by atoms with van der Waals surface area (Å²) in [4.78, 5) is 21.2. The summed E-state index contributed by atoms with van der Waals surface area (Å²) in [6, 6.07) is 5.93. The molecule has 10 heteroatoms. The van der Waals surface area contributed by atoms with Gasteiger partial charge >= 0.3 is 6.03 Å². The summed E-state index contributed by atoms with van der Waals surface area (Å²) >= 11 is 6.38. The quantitative estimate of drug-likeness (QED) is 0.622. The number of hydrogen-bond acceptors (Lipinski definition) is 5. The number of anilines is 2. The zero-order chi connectivity index (χ0) is 22.2. The van der Waals surface area contributed by atoms with E-state index in [2.05, 4.69) is 15.3 Å². The molecule has 168 valence electrons. The van der Waals surface area contributed by atoms with Crippen LogP contribution in [-0.4, -0.2) is 56.4 Å². The van der Waals surface area contributed by atoms with E-state index in [-0.39, 0.29) is 17.9 Å². The van der Waals surface area contributed by atoms with Gasteiger partial charge in [0, 0.05) is 30.9 Å². The molecule has 1 aromatic carbocycles. The van der Waals surface area contributed by atoms with Crippen LogP contribution in [-0.2, 0) is 0 Å². The molecule has 8 nitrogen and oxygen atoms in total. The monoisotopic (exact) mass is 458 g/mol. The number of rotatable bonds is 3. The number of carbonyl (C=O) groups is 1. The molecular weight excluding hydrogens is 435 g/mol. The second kappa shape index (κ2) is 8.55. The molecule has 2 N–H and O–H groups in total. The van der Waals surface area contributed by atoms with Gasteiger partial charge < -0.3 is 20.2 Å². The minimum atomic E-state index is -0.495. The number of aliphatic hydroxyl groups excluding tert-OH is 1. The van der Waals surface area contributed by atoms with Gasteiger partial charge in [-0.3, -0.25) is 0 Å². The third kappa shape index (κ3) is 3.98. The summed E-state index contributed by atoms with van der Waals surface area (Å²) in [6.45, 7) is 1.68. The predicted octanol–water partition coefficient (Wildman–Crippen LogP) is 3.85. The van der Waals surface area contributed by atoms with E-state index in [0.29, 0.717) is 41.7 Å². The molecule has 0 unspecified atom stereocenters. The van der Waals surface area contributed by atoms with E-state index in [9.17, 15) is 14.3 Å². The zero-order valence-corrected chi connectivity index (χ0v) is 18.2. The number of aliphatic hydroxyl groups is 1. The number of urea groups is 1. The van der Waals surface area contributed by atoms with Crippen LogP contribution >= 0.6 is 11.6 Å². The smallest absolute Gasteiger partial charge is 0.322 e. The fraction of sp³-hybridized carbons (Fsp3) is 0.409. The van der Waals surface area contributed by atoms with Crippen molar-refractivity contribution in [1.29, 1.82) is 0 Å². The number of fused-ring (bicyclic) bond motifs is 1. The highest BCUT2D eigenvalue weighted by atomic mass is 35.5. The molecule has 5 rings (SSSR count). The molecular formula is C22H24ClFN6O2. The number of nitrogens with zero attached hydrogens (tertiary/aromatic N) is 5. The van der Waals surface area contributed by atoms with Crippen LogP contribution in [0.2, 0.25) is 5.02 Å². The van der Waals surface area contributed by atoms with Gasteiger partial charge in [0.05, 0.1) is 18.3 Å². The van der Waals surface area contributed by atoms with Crippen molar-refractivity contribution in [2.45, 2.75) is 37.8 Å². The summed E-state index contributed by atoms with van der Waals surface area (Å²) in [5.74, 6) is 0.396. The number of amides is 2. The maximum atomic E-state index is 13.9. The second-order valence-corrected chi connectivity index (χ2v) is 8.71. The van der Waals surface area contributed by atoms with Crippen molar-refractivity contribution >= 4 is 34.8 Å². The topological polar surface area (TPSA) is 86.0 Å². The standard InChI is InChI=1S/C22H24ClFN6O2/c23-17-6-5-14(24)11-16(17)19-4-2-9-29(19)20-7-10-30-21(27-20)18(12-25-30)26-22(32)28-8-1-3-15(31)13-28/h5-7,10-12,15,19,31H,1-4,8-9,13H2,(H,26,32)/t15-,19+/m0/s1. The molecule has 4 heterocycles. The Morgan fingerprint density at radius 2 is 2.06 bits per heavy atom. The Morgan fingerprint density at radius 1 is 1.22 bits per heavy atom. The van der Waals surface area contributed by atoms with E-state index >= 15 is 0 Å². The van der Waals surface area contributed by atoms with E-state index in [1.165, 1.54) is 12.1 Å². The highest BCUT2D eigenvalue weighted by molar-refractivity contribution is 6.31. The number of piperidine rings is 1. The normalized spacial score (nSPS) is 21.3. The molecule has 2 saturated heterocycles. The fourth-order valence-electron chi connectivity index (χ4n) is 4.58. The number of likely N-dealkylation sites (tertiary alicyclic amines) is 1. The lowest BCUT2D eigenvalue weighted by molar-refractivity contribution is 0.0883. The van der Waals surface area contributed by atoms with Crippen molar-refractivity contribution in [3.63, 3.8) is 0 Å². The van der Waals surface area contributed by atoms with Crippen LogP contribution in [0, 0.1) is 5.82 Å². The lowest BCUT2D eigenvalue weighted by Gasteiger charge is -2.30. The molecule has 0 radical (unpaired) electrons. The molecule has 0 aliphatic carbocycles. The highest BCUT2D eigenvalue weighted by Crippen LogP contribution is 2.38. The first-order valence-corrected chi connectivity index (χ1v) is 11.2. The average molecular weight is 459 g/mol. The number of benzene rings is 1. The number of nitrogens with one attached hydrogen (secondary N) is 1. The Labute approximate surface area is 189 Å². The van der Waals surface area contributed by atoms with Crippen LogP contribution in [0.3, 0.4) is 0 Å². The van der Waals surface area contributed by atoms with Gasteiger partial charge in [-0.1, -0.05) is 11.6 Å². The van der Waals surface area contributed by atoms with Crippen molar-refractivity contribution in [2.75, 3.05) is 29.9 Å². The van der Waals surface area contributed by atoms with Gasteiger partial charge in [-0.05, 0) is 55.5 Å². The molecule has 2 fully saturated rings. The van der Waals surface area contributed by atoms with Crippen molar-refractivity contribution in [1.82, 2.24) is 19.5 Å². The van der Waals surface area contributed by atoms with E-state index in [4.69, 9.17) is 16.6 Å². The first-order valence-electron chi connectivity index (χ1n) is 10.8. The zero-order valence-electron chi connectivity index (χ0n) is 17.4. The molecule has 0 saturated carbocycles. The maximum absolute atomic E-state index is 13.9. The molecule has 0 bridgehead atoms. The first kappa shape index (κ1) is 21.0. The summed E-state index contributed by atoms with van der Waals surface area (Å²) in [6.07, 6.45) is 6.11. The van der Waals surface area contributed by atoms with Gasteiger partial charge in [0.1, 0.15) is 17.3 Å². The lowest BCUT2D eigenvalue weighted by atomic mass is 10.0. The van der Waals surface area contributed by atoms with Crippen molar-refractivity contribution in [3.05, 3.63) is 53.1 Å². The van der Waals surface area contributed by atoms with Crippen LogP contribution in [0.15, 0.2) is 36.7 Å². The fourth-order valence-corrected chi connectivity index (χ4v) is 4.82. The third-order valence-corrected chi connectivity index (χ3v) is 6.49. The van der Waals surface area contributed by atoms with Crippen molar-refractivity contribution in [3.8, 4) is 0 Å². The maximum Gasteiger partial charge on any atom is 0.322 e. The Hall–Kier alpha value is -2.91. The van der Waals surface area contributed by atoms with Crippen molar-refractivity contribution < 1.29 is 14.3 Å². The second-order valence-electron chi connectivity index (χ2n) is 8.30. The highest BCUT2D eigenvalue weighted by Gasteiger charge is 2.30. The van der Waals surface area contributed by atoms with Crippen LogP contribution in [0.25, 0.3) is 5.65 Å². The minimum Gasteiger partial charge on any atom is -0.391 e. The SMILES string of the molecule is O=C(Nc1cnn2ccc(N3CCC[C@@H]3c3cc(F)ccc3Cl)nc12)N1CCC[C@H](O)C1. The van der Waals surface area contributed by atoms with E-state index in [0.717, 1.165) is 31.4 Å². The molecule has 2 aliphatic heterocycles. The van der Waals surface area contributed by atoms with E-state index in [1.807, 2.05) is 6.07 Å². The Bertz CT molecular complexity index is 1150. The van der Waals surface area contributed by atoms with Gasteiger partial charge in [-0.15, -0.1) is 0 Å². The molecule has 2 amide bonds. The average Bonchev–Trinajstić information content (AvgIpc) is 3.42. The van der Waals surface area contributed by atoms with E-state index < -0.39 is 6.10 Å².